The summed E-state index contributed by atoms with van der Waals surface area (Å²) in [5.74, 6) is 0.695. The number of sulfonamides is 1. The summed E-state index contributed by atoms with van der Waals surface area (Å²) in [6.07, 6.45) is 0.450. The Labute approximate surface area is 186 Å². The standard InChI is InChI=1S/C22H26FN5O3S/c1-15(2)21-25-22(27-26-21)18-7-4-5-8-19(18)24-20(29)9-6-14-28(3)32(30,31)17-12-10-16(23)11-13-17/h4-5,7-8,10-13,15H,6,9,14H2,1-3H3,(H,24,29)(H,25,26,27). The predicted molar refractivity (Wildman–Crippen MR) is 120 cm³/mol. The Kier molecular flexibility index (Phi) is 7.37. The molecule has 0 unspecified atom stereocenters. The monoisotopic (exact) mass is 459 g/mol. The Morgan fingerprint density at radius 1 is 1.16 bits per heavy atom. The number of nitrogens with zero attached hydrogens (tertiary/aromatic N) is 3. The number of hydrogen-bond donors (Lipinski definition) is 2. The van der Waals surface area contributed by atoms with Crippen molar-refractivity contribution in [2.75, 3.05) is 18.9 Å². The number of aromatic amines is 1. The van der Waals surface area contributed by atoms with E-state index in [1.807, 2.05) is 26.0 Å². The molecule has 2 N–H and O–H groups in total. The van der Waals surface area contributed by atoms with Crippen LogP contribution in [0.4, 0.5) is 10.1 Å². The lowest BCUT2D eigenvalue weighted by Gasteiger charge is -2.17. The van der Waals surface area contributed by atoms with Crippen molar-refractivity contribution in [3.8, 4) is 11.4 Å². The quantitative estimate of drug-likeness (QED) is 0.506. The molecular formula is C22H26FN5O3S. The number of nitrogens with one attached hydrogen (secondary N) is 2. The summed E-state index contributed by atoms with van der Waals surface area (Å²) in [7, 11) is -2.31. The minimum absolute atomic E-state index is 0.00653. The van der Waals surface area contributed by atoms with Crippen LogP contribution in [0.25, 0.3) is 11.4 Å². The van der Waals surface area contributed by atoms with Crippen molar-refractivity contribution in [2.45, 2.75) is 37.5 Å². The molecule has 1 heterocycles. The molecule has 32 heavy (non-hydrogen) atoms. The average Bonchev–Trinajstić information content (AvgIpc) is 3.25. The highest BCUT2D eigenvalue weighted by Gasteiger charge is 2.21. The first-order valence-electron chi connectivity index (χ1n) is 10.2. The van der Waals surface area contributed by atoms with E-state index < -0.39 is 15.8 Å². The van der Waals surface area contributed by atoms with Gasteiger partial charge in [-0.25, -0.2) is 22.1 Å². The lowest BCUT2D eigenvalue weighted by atomic mass is 10.1. The first kappa shape index (κ1) is 23.6. The number of halogens is 1. The van der Waals surface area contributed by atoms with Gasteiger partial charge in [0.25, 0.3) is 0 Å². The fraction of sp³-hybridized carbons (Fsp3) is 0.318. The maximum absolute atomic E-state index is 13.1. The molecule has 0 aliphatic rings. The number of carbonyl (C=O) groups excluding carboxylic acids is 1. The summed E-state index contributed by atoms with van der Waals surface area (Å²) >= 11 is 0. The van der Waals surface area contributed by atoms with Gasteiger partial charge in [-0.05, 0) is 42.8 Å². The molecule has 1 amide bonds. The van der Waals surface area contributed by atoms with Crippen LogP contribution in [0.15, 0.2) is 53.4 Å². The number of hydrogen-bond acceptors (Lipinski definition) is 5. The molecule has 1 aromatic heterocycles. The smallest absolute Gasteiger partial charge is 0.242 e. The summed E-state index contributed by atoms with van der Waals surface area (Å²) in [6.45, 7) is 4.16. The molecule has 10 heteroatoms. The Hall–Kier alpha value is -3.11. The van der Waals surface area contributed by atoms with Crippen LogP contribution in [-0.4, -0.2) is 47.4 Å². The Morgan fingerprint density at radius 2 is 1.84 bits per heavy atom. The molecule has 0 spiro atoms. The van der Waals surface area contributed by atoms with E-state index in [4.69, 9.17) is 0 Å². The average molecular weight is 460 g/mol. The van der Waals surface area contributed by atoms with Crippen molar-refractivity contribution in [2.24, 2.45) is 0 Å². The number of rotatable bonds is 9. The zero-order valence-corrected chi connectivity index (χ0v) is 19.0. The van der Waals surface area contributed by atoms with E-state index in [1.54, 1.807) is 12.1 Å². The van der Waals surface area contributed by atoms with Crippen LogP contribution in [0.1, 0.15) is 38.4 Å². The third-order valence-electron chi connectivity index (χ3n) is 4.89. The van der Waals surface area contributed by atoms with E-state index in [2.05, 4.69) is 20.5 Å². The fourth-order valence-electron chi connectivity index (χ4n) is 3.02. The van der Waals surface area contributed by atoms with Crippen LogP contribution in [0.2, 0.25) is 0 Å². The van der Waals surface area contributed by atoms with Crippen LogP contribution < -0.4 is 5.32 Å². The first-order valence-corrected chi connectivity index (χ1v) is 11.7. The van der Waals surface area contributed by atoms with Gasteiger partial charge in [0.2, 0.25) is 15.9 Å². The lowest BCUT2D eigenvalue weighted by Crippen LogP contribution is -2.28. The van der Waals surface area contributed by atoms with E-state index in [-0.39, 0.29) is 29.7 Å². The summed E-state index contributed by atoms with van der Waals surface area (Å²) in [5, 5.41) is 10.00. The molecule has 0 saturated heterocycles. The Balaban J connectivity index is 1.59. The summed E-state index contributed by atoms with van der Waals surface area (Å²) < 4.78 is 39.3. The summed E-state index contributed by atoms with van der Waals surface area (Å²) in [6, 6.07) is 11.9. The van der Waals surface area contributed by atoms with E-state index in [0.29, 0.717) is 23.5 Å². The highest BCUT2D eigenvalue weighted by molar-refractivity contribution is 7.89. The van der Waals surface area contributed by atoms with E-state index in [9.17, 15) is 17.6 Å². The second kappa shape index (κ2) is 10.0. The SMILES string of the molecule is CC(C)c1nc(-c2ccccc2NC(=O)CCCN(C)S(=O)(=O)c2ccc(F)cc2)n[nH]1. The molecule has 2 aromatic carbocycles. The topological polar surface area (TPSA) is 108 Å². The van der Waals surface area contributed by atoms with Crippen molar-refractivity contribution in [3.05, 3.63) is 60.2 Å². The van der Waals surface area contributed by atoms with Crippen molar-refractivity contribution in [3.63, 3.8) is 0 Å². The second-order valence-electron chi connectivity index (χ2n) is 7.68. The number of aromatic nitrogens is 3. The normalized spacial score (nSPS) is 11.8. The molecule has 0 fully saturated rings. The predicted octanol–water partition coefficient (Wildman–Crippen LogP) is 3.77. The van der Waals surface area contributed by atoms with Crippen molar-refractivity contribution in [1.29, 1.82) is 0 Å². The van der Waals surface area contributed by atoms with Gasteiger partial charge in [0.05, 0.1) is 10.6 Å². The van der Waals surface area contributed by atoms with Gasteiger partial charge in [0, 0.05) is 31.5 Å². The van der Waals surface area contributed by atoms with Crippen LogP contribution in [-0.2, 0) is 14.8 Å². The number of carbonyl (C=O) groups is 1. The van der Waals surface area contributed by atoms with Gasteiger partial charge < -0.3 is 5.32 Å². The third kappa shape index (κ3) is 5.57. The highest BCUT2D eigenvalue weighted by atomic mass is 32.2. The molecular weight excluding hydrogens is 433 g/mol. The maximum atomic E-state index is 13.1. The van der Waals surface area contributed by atoms with Gasteiger partial charge in [-0.3, -0.25) is 9.89 Å². The van der Waals surface area contributed by atoms with Crippen molar-refractivity contribution >= 4 is 21.6 Å². The number of anilines is 1. The van der Waals surface area contributed by atoms with Gasteiger partial charge >= 0.3 is 0 Å². The van der Waals surface area contributed by atoms with Crippen LogP contribution in [0.3, 0.4) is 0 Å². The largest absolute Gasteiger partial charge is 0.325 e. The summed E-state index contributed by atoms with van der Waals surface area (Å²) in [5.41, 5.74) is 1.28. The molecule has 170 valence electrons. The van der Waals surface area contributed by atoms with Gasteiger partial charge in [0.15, 0.2) is 5.82 Å². The molecule has 0 bridgehead atoms. The minimum atomic E-state index is -3.75. The minimum Gasteiger partial charge on any atom is -0.325 e. The number of para-hydroxylation sites is 1. The van der Waals surface area contributed by atoms with Crippen LogP contribution in [0.5, 0.6) is 0 Å². The molecule has 3 rings (SSSR count). The van der Waals surface area contributed by atoms with Crippen LogP contribution in [0, 0.1) is 5.82 Å². The molecule has 0 aliphatic heterocycles. The zero-order chi connectivity index (χ0) is 23.3. The van der Waals surface area contributed by atoms with E-state index >= 15 is 0 Å². The summed E-state index contributed by atoms with van der Waals surface area (Å²) in [4.78, 5) is 17.0. The highest BCUT2D eigenvalue weighted by Crippen LogP contribution is 2.26. The molecule has 3 aromatic rings. The van der Waals surface area contributed by atoms with E-state index in [0.717, 1.165) is 22.3 Å². The Bertz CT molecular complexity index is 1180. The van der Waals surface area contributed by atoms with Gasteiger partial charge in [-0.2, -0.15) is 5.10 Å². The number of H-pyrrole nitrogens is 1. The number of benzene rings is 2. The fourth-order valence-corrected chi connectivity index (χ4v) is 4.23. The number of amides is 1. The maximum Gasteiger partial charge on any atom is 0.242 e. The molecule has 0 radical (unpaired) electrons. The van der Waals surface area contributed by atoms with Gasteiger partial charge in [0.1, 0.15) is 11.6 Å². The van der Waals surface area contributed by atoms with E-state index in [1.165, 1.54) is 19.2 Å². The van der Waals surface area contributed by atoms with Crippen molar-refractivity contribution in [1.82, 2.24) is 19.5 Å². The van der Waals surface area contributed by atoms with Gasteiger partial charge in [-0.15, -0.1) is 0 Å². The van der Waals surface area contributed by atoms with Crippen LogP contribution >= 0.6 is 0 Å². The van der Waals surface area contributed by atoms with Crippen molar-refractivity contribution < 1.29 is 17.6 Å². The molecule has 0 saturated carbocycles. The molecule has 8 nitrogen and oxygen atoms in total. The molecule has 0 atom stereocenters. The zero-order valence-electron chi connectivity index (χ0n) is 18.2. The first-order chi connectivity index (χ1) is 15.2. The third-order valence-corrected chi connectivity index (χ3v) is 6.76. The molecule has 0 aliphatic carbocycles. The Morgan fingerprint density at radius 3 is 2.50 bits per heavy atom. The van der Waals surface area contributed by atoms with Gasteiger partial charge in [-0.1, -0.05) is 26.0 Å². The lowest BCUT2D eigenvalue weighted by molar-refractivity contribution is -0.116. The second-order valence-corrected chi connectivity index (χ2v) is 9.72.